The SMILES string of the molecule is Cc1cc(F)c(C)c([S+]([O-])Cl)c1. The van der Waals surface area contributed by atoms with Gasteiger partial charge in [0.15, 0.2) is 15.6 Å². The van der Waals surface area contributed by atoms with E-state index >= 15 is 0 Å². The van der Waals surface area contributed by atoms with Crippen molar-refractivity contribution in [3.05, 3.63) is 29.1 Å². The Hall–Kier alpha value is -0.250. The lowest BCUT2D eigenvalue weighted by Crippen LogP contribution is -1.98. The molecule has 0 spiro atoms. The van der Waals surface area contributed by atoms with Crippen LogP contribution in [-0.2, 0) is 10.4 Å². The van der Waals surface area contributed by atoms with Crippen molar-refractivity contribution in [2.75, 3.05) is 0 Å². The lowest BCUT2D eigenvalue weighted by atomic mass is 10.1. The monoisotopic (exact) mass is 206 g/mol. The van der Waals surface area contributed by atoms with E-state index in [2.05, 4.69) is 0 Å². The van der Waals surface area contributed by atoms with Gasteiger partial charge in [0.1, 0.15) is 16.2 Å². The van der Waals surface area contributed by atoms with Crippen molar-refractivity contribution in [1.82, 2.24) is 0 Å². The Morgan fingerprint density at radius 3 is 2.50 bits per heavy atom. The van der Waals surface area contributed by atoms with E-state index in [1.54, 1.807) is 19.9 Å². The zero-order valence-corrected chi connectivity index (χ0v) is 8.30. The Kier molecular flexibility index (Phi) is 2.99. The van der Waals surface area contributed by atoms with Gasteiger partial charge < -0.3 is 4.55 Å². The van der Waals surface area contributed by atoms with Crippen LogP contribution in [0.15, 0.2) is 17.0 Å². The number of hydrogen-bond acceptors (Lipinski definition) is 1. The third-order valence-corrected chi connectivity index (χ3v) is 2.88. The molecule has 0 saturated heterocycles. The van der Waals surface area contributed by atoms with Crippen LogP contribution in [0.4, 0.5) is 4.39 Å². The molecule has 1 aromatic rings. The van der Waals surface area contributed by atoms with Crippen molar-refractivity contribution >= 4 is 21.1 Å². The molecule has 0 saturated carbocycles. The maximum atomic E-state index is 13.0. The Balaban J connectivity index is 3.28. The molecule has 4 heteroatoms. The van der Waals surface area contributed by atoms with E-state index in [9.17, 15) is 8.94 Å². The molecular formula is C8H8ClFOS. The first kappa shape index (κ1) is 9.84. The second kappa shape index (κ2) is 3.64. The van der Waals surface area contributed by atoms with Crippen LogP contribution >= 0.6 is 10.7 Å². The van der Waals surface area contributed by atoms with Crippen molar-refractivity contribution in [3.63, 3.8) is 0 Å². The summed E-state index contributed by atoms with van der Waals surface area (Å²) in [6, 6.07) is 3.02. The normalized spacial score (nSPS) is 13.1. The van der Waals surface area contributed by atoms with Gasteiger partial charge in [-0.3, -0.25) is 0 Å². The molecule has 0 radical (unpaired) electrons. The highest BCUT2D eigenvalue weighted by molar-refractivity contribution is 8.13. The van der Waals surface area contributed by atoms with Crippen LogP contribution in [0, 0.1) is 19.7 Å². The van der Waals surface area contributed by atoms with Crippen molar-refractivity contribution < 1.29 is 8.94 Å². The minimum atomic E-state index is -1.63. The Bertz CT molecular complexity index is 301. The Morgan fingerprint density at radius 2 is 2.00 bits per heavy atom. The number of aryl methyl sites for hydroxylation is 1. The molecule has 1 nitrogen and oxygen atoms in total. The zero-order chi connectivity index (χ0) is 9.30. The van der Waals surface area contributed by atoms with Crippen LogP contribution in [-0.4, -0.2) is 4.55 Å². The molecule has 1 unspecified atom stereocenters. The highest BCUT2D eigenvalue weighted by Crippen LogP contribution is 2.23. The van der Waals surface area contributed by atoms with Crippen LogP contribution in [0.1, 0.15) is 11.1 Å². The van der Waals surface area contributed by atoms with E-state index in [4.69, 9.17) is 10.7 Å². The molecule has 0 amide bonds. The summed E-state index contributed by atoms with van der Waals surface area (Å²) in [6.07, 6.45) is 0. The van der Waals surface area contributed by atoms with Gasteiger partial charge in [0.2, 0.25) is 0 Å². The molecule has 0 N–H and O–H groups in total. The summed E-state index contributed by atoms with van der Waals surface area (Å²) in [4.78, 5) is 0.356. The molecule has 0 aromatic heterocycles. The van der Waals surface area contributed by atoms with E-state index in [0.717, 1.165) is 5.56 Å². The minimum Gasteiger partial charge on any atom is -0.594 e. The van der Waals surface area contributed by atoms with Crippen molar-refractivity contribution in [2.45, 2.75) is 18.7 Å². The highest BCUT2D eigenvalue weighted by atomic mass is 35.7. The molecule has 66 valence electrons. The second-order valence-corrected chi connectivity index (χ2v) is 4.32. The topological polar surface area (TPSA) is 23.1 Å². The van der Waals surface area contributed by atoms with E-state index in [-0.39, 0.29) is 5.82 Å². The molecule has 1 atom stereocenters. The molecule has 0 aliphatic heterocycles. The van der Waals surface area contributed by atoms with Gasteiger partial charge in [-0.15, -0.1) is 0 Å². The summed E-state index contributed by atoms with van der Waals surface area (Å²) in [5, 5.41) is 0. The third-order valence-electron chi connectivity index (χ3n) is 1.61. The molecule has 0 bridgehead atoms. The van der Waals surface area contributed by atoms with Gasteiger partial charge in [-0.05, 0) is 31.5 Å². The van der Waals surface area contributed by atoms with E-state index in [0.29, 0.717) is 10.5 Å². The van der Waals surface area contributed by atoms with Gasteiger partial charge in [-0.2, -0.15) is 0 Å². The van der Waals surface area contributed by atoms with Gasteiger partial charge in [0, 0.05) is 5.56 Å². The summed E-state index contributed by atoms with van der Waals surface area (Å²) in [5.74, 6) is -0.362. The maximum absolute atomic E-state index is 13.0. The lowest BCUT2D eigenvalue weighted by molar-refractivity contribution is 0.595. The van der Waals surface area contributed by atoms with Crippen molar-refractivity contribution in [1.29, 1.82) is 0 Å². The summed E-state index contributed by atoms with van der Waals surface area (Å²) in [6.45, 7) is 3.29. The molecule has 0 aliphatic carbocycles. The van der Waals surface area contributed by atoms with E-state index in [1.165, 1.54) is 6.07 Å². The molecule has 12 heavy (non-hydrogen) atoms. The summed E-state index contributed by atoms with van der Waals surface area (Å²) in [7, 11) is 3.73. The Labute approximate surface area is 78.2 Å². The van der Waals surface area contributed by atoms with Gasteiger partial charge in [-0.25, -0.2) is 4.39 Å². The standard InChI is InChI=1S/C8H8ClFOS/c1-5-3-7(10)6(2)8(4-5)12(9)11/h3-4H,1-2H3. The summed E-state index contributed by atoms with van der Waals surface area (Å²) < 4.78 is 23.9. The minimum absolute atomic E-state index is 0.355. The fourth-order valence-corrected chi connectivity index (χ4v) is 2.05. The molecule has 0 aliphatic rings. The van der Waals surface area contributed by atoms with E-state index < -0.39 is 10.4 Å². The number of halogens is 2. The predicted octanol–water partition coefficient (Wildman–Crippen LogP) is 2.70. The summed E-state index contributed by atoms with van der Waals surface area (Å²) >= 11 is 0. The summed E-state index contributed by atoms with van der Waals surface area (Å²) in [5.41, 5.74) is 1.08. The third kappa shape index (κ3) is 1.91. The molecule has 0 fully saturated rings. The average Bonchev–Trinajstić information content (AvgIpc) is 1.96. The molecule has 0 heterocycles. The smallest absolute Gasteiger partial charge is 0.181 e. The predicted molar refractivity (Wildman–Crippen MR) is 48.1 cm³/mol. The molecule has 1 rings (SSSR count). The van der Waals surface area contributed by atoms with Crippen LogP contribution in [0.3, 0.4) is 0 Å². The molecule has 1 aromatic carbocycles. The Morgan fingerprint density at radius 1 is 1.42 bits per heavy atom. The first-order chi connectivity index (χ1) is 5.52. The van der Waals surface area contributed by atoms with Gasteiger partial charge in [0.25, 0.3) is 0 Å². The van der Waals surface area contributed by atoms with Gasteiger partial charge in [-0.1, -0.05) is 0 Å². The van der Waals surface area contributed by atoms with Crippen molar-refractivity contribution in [3.8, 4) is 0 Å². The zero-order valence-electron chi connectivity index (χ0n) is 6.73. The first-order valence-electron chi connectivity index (χ1n) is 3.37. The van der Waals surface area contributed by atoms with Crippen LogP contribution in [0.25, 0.3) is 0 Å². The lowest BCUT2D eigenvalue weighted by Gasteiger charge is -2.05. The number of rotatable bonds is 1. The van der Waals surface area contributed by atoms with Gasteiger partial charge >= 0.3 is 0 Å². The van der Waals surface area contributed by atoms with Crippen LogP contribution < -0.4 is 0 Å². The quantitative estimate of drug-likeness (QED) is 0.648. The van der Waals surface area contributed by atoms with Crippen LogP contribution in [0.2, 0.25) is 0 Å². The first-order valence-corrected chi connectivity index (χ1v) is 5.34. The highest BCUT2D eigenvalue weighted by Gasteiger charge is 2.15. The number of benzene rings is 1. The molecular weight excluding hydrogens is 199 g/mol. The fraction of sp³-hybridized carbons (Fsp3) is 0.250. The number of hydrogen-bond donors (Lipinski definition) is 0. The largest absolute Gasteiger partial charge is 0.594 e. The second-order valence-electron chi connectivity index (χ2n) is 2.59. The van der Waals surface area contributed by atoms with Gasteiger partial charge in [0.05, 0.1) is 0 Å². The average molecular weight is 207 g/mol. The van der Waals surface area contributed by atoms with Crippen LogP contribution in [0.5, 0.6) is 0 Å². The fourth-order valence-electron chi connectivity index (χ4n) is 0.949. The van der Waals surface area contributed by atoms with Crippen molar-refractivity contribution in [2.24, 2.45) is 0 Å². The van der Waals surface area contributed by atoms with E-state index in [1.807, 2.05) is 0 Å². The maximum Gasteiger partial charge on any atom is 0.181 e.